The van der Waals surface area contributed by atoms with Crippen LogP contribution in [-0.2, 0) is 4.84 Å². The lowest BCUT2D eigenvalue weighted by Crippen LogP contribution is -2.31. The fraction of sp³-hybridized carbons (Fsp3) is 0.167. The smallest absolute Gasteiger partial charge is 0.175 e. The van der Waals surface area contributed by atoms with Crippen LogP contribution in [0.5, 0.6) is 5.75 Å². The summed E-state index contributed by atoms with van der Waals surface area (Å²) in [7, 11) is 0. The molecule has 5 rings (SSSR count). The molecule has 3 aromatic rings. The van der Waals surface area contributed by atoms with Crippen LogP contribution in [0, 0.1) is 13.8 Å². The molecule has 0 amide bonds. The fourth-order valence-electron chi connectivity index (χ4n) is 3.54. The van der Waals surface area contributed by atoms with Crippen LogP contribution < -0.4 is 4.90 Å². The minimum Gasteiger partial charge on any atom is -0.508 e. The number of phenols is 1. The number of thioether (sulfide) groups is 1. The number of hydrogen-bond donors (Lipinski definition) is 1. The van der Waals surface area contributed by atoms with E-state index in [0.717, 1.165) is 27.9 Å². The van der Waals surface area contributed by atoms with Gasteiger partial charge in [0.15, 0.2) is 17.1 Å². The molecule has 0 spiro atoms. The highest BCUT2D eigenvalue weighted by atomic mass is 32.2. The number of aromatic hydroxyl groups is 1. The van der Waals surface area contributed by atoms with Crippen molar-refractivity contribution < 1.29 is 9.94 Å². The molecule has 0 aliphatic carbocycles. The summed E-state index contributed by atoms with van der Waals surface area (Å²) in [5, 5.41) is 14.9. The second-order valence-electron chi connectivity index (χ2n) is 7.51. The lowest BCUT2D eigenvalue weighted by atomic mass is 10.1. The topological polar surface area (TPSA) is 57.4 Å². The molecule has 30 heavy (non-hydrogen) atoms. The Morgan fingerprint density at radius 2 is 1.53 bits per heavy atom. The van der Waals surface area contributed by atoms with Gasteiger partial charge < -0.3 is 9.94 Å². The van der Waals surface area contributed by atoms with Crippen LogP contribution in [0.25, 0.3) is 0 Å². The van der Waals surface area contributed by atoms with Crippen molar-refractivity contribution in [2.75, 3.05) is 4.90 Å². The first-order chi connectivity index (χ1) is 14.6. The van der Waals surface area contributed by atoms with E-state index < -0.39 is 0 Å². The molecule has 2 aliphatic heterocycles. The average molecular weight is 416 g/mol. The summed E-state index contributed by atoms with van der Waals surface area (Å²) in [4.78, 5) is 12.8. The molecule has 0 bridgehead atoms. The van der Waals surface area contributed by atoms with Gasteiger partial charge in [0.25, 0.3) is 0 Å². The molecule has 6 heteroatoms. The fourth-order valence-corrected chi connectivity index (χ4v) is 4.82. The van der Waals surface area contributed by atoms with Gasteiger partial charge in [-0.3, -0.25) is 4.90 Å². The van der Waals surface area contributed by atoms with Crippen LogP contribution in [0.2, 0.25) is 0 Å². The number of anilines is 1. The Bertz CT molecular complexity index is 1120. The van der Waals surface area contributed by atoms with Gasteiger partial charge in [-0.1, -0.05) is 64.4 Å². The van der Waals surface area contributed by atoms with Crippen LogP contribution >= 0.6 is 11.8 Å². The number of hydrogen-bond acceptors (Lipinski definition) is 5. The minimum atomic E-state index is -0.232. The number of oxime groups is 1. The first kappa shape index (κ1) is 18.8. The molecule has 2 heterocycles. The van der Waals surface area contributed by atoms with E-state index in [1.807, 2.05) is 24.3 Å². The summed E-state index contributed by atoms with van der Waals surface area (Å²) in [6, 6.07) is 23.6. The number of phenolic OH excluding ortho intramolecular Hbond substituents is 1. The van der Waals surface area contributed by atoms with E-state index in [-0.39, 0.29) is 17.1 Å². The van der Waals surface area contributed by atoms with Crippen LogP contribution in [0.3, 0.4) is 0 Å². The van der Waals surface area contributed by atoms with E-state index in [1.165, 1.54) is 11.1 Å². The average Bonchev–Trinajstić information content (AvgIpc) is 3.30. The molecule has 150 valence electrons. The first-order valence-electron chi connectivity index (χ1n) is 9.80. The zero-order valence-electron chi connectivity index (χ0n) is 16.7. The molecule has 0 saturated carbocycles. The highest BCUT2D eigenvalue weighted by Gasteiger charge is 2.47. The quantitative estimate of drug-likeness (QED) is 0.596. The second-order valence-corrected chi connectivity index (χ2v) is 8.62. The lowest BCUT2D eigenvalue weighted by Gasteiger charge is -2.18. The molecule has 1 N–H and O–H groups in total. The van der Waals surface area contributed by atoms with E-state index in [4.69, 9.17) is 9.83 Å². The minimum absolute atomic E-state index is 0.0138. The summed E-state index contributed by atoms with van der Waals surface area (Å²) < 4.78 is 0. The van der Waals surface area contributed by atoms with Crippen molar-refractivity contribution >= 4 is 34.1 Å². The summed E-state index contributed by atoms with van der Waals surface area (Å²) in [5.41, 5.74) is 5.30. The zero-order chi connectivity index (χ0) is 20.7. The molecule has 2 unspecified atom stereocenters. The van der Waals surface area contributed by atoms with Crippen molar-refractivity contribution in [1.82, 2.24) is 0 Å². The maximum Gasteiger partial charge on any atom is 0.175 e. The van der Waals surface area contributed by atoms with Crippen molar-refractivity contribution in [3.63, 3.8) is 0 Å². The van der Waals surface area contributed by atoms with Crippen LogP contribution in [0.15, 0.2) is 82.9 Å². The molecular weight excluding hydrogens is 394 g/mol. The van der Waals surface area contributed by atoms with E-state index in [2.05, 4.69) is 60.3 Å². The molecule has 3 aromatic carbocycles. The summed E-state index contributed by atoms with van der Waals surface area (Å²) in [6.45, 7) is 4.14. The largest absolute Gasteiger partial charge is 0.508 e. The molecular formula is C24H21N3O2S. The van der Waals surface area contributed by atoms with E-state index in [0.29, 0.717) is 0 Å². The first-order valence-corrected chi connectivity index (χ1v) is 10.7. The maximum atomic E-state index is 9.62. The number of benzene rings is 3. The van der Waals surface area contributed by atoms with Gasteiger partial charge in [-0.15, -0.1) is 0 Å². The Hall–Kier alpha value is -3.25. The van der Waals surface area contributed by atoms with Gasteiger partial charge in [0, 0.05) is 5.69 Å². The summed E-state index contributed by atoms with van der Waals surface area (Å²) in [5.74, 6) is 1.08. The Labute approximate surface area is 179 Å². The van der Waals surface area contributed by atoms with Gasteiger partial charge in [0.1, 0.15) is 11.0 Å². The Kier molecular flexibility index (Phi) is 4.71. The Morgan fingerprint density at radius 1 is 0.900 bits per heavy atom. The summed E-state index contributed by atoms with van der Waals surface area (Å²) in [6.07, 6.45) is -0.232. The third-order valence-corrected chi connectivity index (χ3v) is 6.41. The van der Waals surface area contributed by atoms with Crippen molar-refractivity contribution in [1.29, 1.82) is 0 Å². The predicted molar refractivity (Wildman–Crippen MR) is 123 cm³/mol. The van der Waals surface area contributed by atoms with Gasteiger partial charge >= 0.3 is 0 Å². The molecule has 0 radical (unpaired) electrons. The number of aryl methyl sites for hydroxylation is 2. The Morgan fingerprint density at radius 3 is 2.20 bits per heavy atom. The maximum absolute atomic E-state index is 9.62. The van der Waals surface area contributed by atoms with Crippen molar-refractivity contribution in [3.05, 3.63) is 89.5 Å². The second kappa shape index (κ2) is 7.54. The highest BCUT2D eigenvalue weighted by molar-refractivity contribution is 8.16. The third kappa shape index (κ3) is 3.44. The summed E-state index contributed by atoms with van der Waals surface area (Å²) >= 11 is 1.65. The van der Waals surface area contributed by atoms with Gasteiger partial charge in [-0.25, -0.2) is 4.99 Å². The van der Waals surface area contributed by atoms with Crippen molar-refractivity contribution in [3.8, 4) is 5.75 Å². The van der Waals surface area contributed by atoms with Crippen LogP contribution in [0.4, 0.5) is 11.4 Å². The van der Waals surface area contributed by atoms with Crippen molar-refractivity contribution in [2.24, 2.45) is 10.1 Å². The normalized spacial score (nSPS) is 21.5. The molecule has 5 nitrogen and oxygen atoms in total. The van der Waals surface area contributed by atoms with E-state index in [9.17, 15) is 5.11 Å². The van der Waals surface area contributed by atoms with Crippen LogP contribution in [0.1, 0.15) is 22.8 Å². The Balaban J connectivity index is 1.54. The van der Waals surface area contributed by atoms with Crippen LogP contribution in [-0.4, -0.2) is 21.4 Å². The molecule has 1 saturated heterocycles. The number of fused-ring (bicyclic) bond motifs is 1. The molecule has 2 atom stereocenters. The van der Waals surface area contributed by atoms with Gasteiger partial charge in [0.2, 0.25) is 0 Å². The monoisotopic (exact) mass is 415 g/mol. The van der Waals surface area contributed by atoms with Gasteiger partial charge in [0.05, 0.1) is 5.69 Å². The standard InChI is InChI=1S/C24H21N3O2S/c1-15-3-9-18(10-4-15)25-24-27(19-11-5-16(2)6-12-19)23-22(30-24)21(29-26-23)17-7-13-20(28)14-8-17/h3-14,21-22,28H,1-2H3. The van der Waals surface area contributed by atoms with Gasteiger partial charge in [-0.05, 0) is 55.8 Å². The third-order valence-electron chi connectivity index (χ3n) is 5.21. The number of amidine groups is 2. The van der Waals surface area contributed by atoms with Crippen molar-refractivity contribution in [2.45, 2.75) is 25.2 Å². The van der Waals surface area contributed by atoms with Gasteiger partial charge in [-0.2, -0.15) is 0 Å². The van der Waals surface area contributed by atoms with E-state index in [1.54, 1.807) is 23.9 Å². The number of nitrogens with zero attached hydrogens (tertiary/aromatic N) is 3. The molecule has 1 fully saturated rings. The zero-order valence-corrected chi connectivity index (χ0v) is 17.5. The molecule has 0 aromatic heterocycles. The highest BCUT2D eigenvalue weighted by Crippen LogP contribution is 2.45. The van der Waals surface area contributed by atoms with E-state index >= 15 is 0 Å². The number of aliphatic imine (C=N–C) groups is 1. The SMILES string of the molecule is Cc1ccc(N=C2SC3C(=NOC3c3ccc(O)cc3)N2c2ccc(C)cc2)cc1. The molecule has 2 aliphatic rings. The number of rotatable bonds is 3. The predicted octanol–water partition coefficient (Wildman–Crippen LogP) is 5.70. The lowest BCUT2D eigenvalue weighted by molar-refractivity contribution is 0.0884.